The van der Waals surface area contributed by atoms with E-state index >= 15 is 0 Å². The first kappa shape index (κ1) is 23.2. The summed E-state index contributed by atoms with van der Waals surface area (Å²) in [6, 6.07) is 4.30. The second kappa shape index (κ2) is 8.01. The van der Waals surface area contributed by atoms with Crippen LogP contribution in [0.25, 0.3) is 16.6 Å². The van der Waals surface area contributed by atoms with Gasteiger partial charge in [-0.3, -0.25) is 4.79 Å². The van der Waals surface area contributed by atoms with Gasteiger partial charge >= 0.3 is 0 Å². The van der Waals surface area contributed by atoms with E-state index in [0.717, 1.165) is 12.1 Å². The van der Waals surface area contributed by atoms with Gasteiger partial charge in [0.2, 0.25) is 0 Å². The van der Waals surface area contributed by atoms with Gasteiger partial charge in [-0.25, -0.2) is 22.7 Å². The number of benzene rings is 1. The van der Waals surface area contributed by atoms with E-state index in [9.17, 15) is 26.7 Å². The molecule has 1 aliphatic carbocycles. The zero-order valence-electron chi connectivity index (χ0n) is 18.4. The van der Waals surface area contributed by atoms with E-state index in [-0.39, 0.29) is 11.4 Å². The van der Waals surface area contributed by atoms with Crippen LogP contribution in [0.5, 0.6) is 0 Å². The summed E-state index contributed by atoms with van der Waals surface area (Å²) in [5, 5.41) is 16.6. The normalized spacial score (nSPS) is 17.0. The average Bonchev–Trinajstić information content (AvgIpc) is 3.25. The molecule has 0 bridgehead atoms. The van der Waals surface area contributed by atoms with Gasteiger partial charge in [0.05, 0.1) is 23.1 Å². The first-order valence-electron chi connectivity index (χ1n) is 10.8. The molecule has 184 valence electrons. The number of nitrogens with zero attached hydrogens (tertiary/aromatic N) is 4. The monoisotopic (exact) mass is 493 g/mol. The number of rotatable bonds is 6. The number of aromatic nitrogens is 4. The number of alkyl halides is 4. The zero-order valence-corrected chi connectivity index (χ0v) is 18.4. The Morgan fingerprint density at radius 2 is 2.00 bits per heavy atom. The molecule has 5 rings (SSSR count). The standard InChI is InChI=1S/C23H20F5N5O2/c1-12(13-4-14(6-15(24)5-13)23(27,28)11-34)30-21-17-10-32(16-8-22(25,26)9-16)20(35)7-18(17)33-19(31-21)2-3-29-33/h2-7,10,12,16,34H,8-9,11H2,1H3,(H,30,31)/t12-/m1/s1. The van der Waals surface area contributed by atoms with Crippen molar-refractivity contribution in [3.8, 4) is 0 Å². The van der Waals surface area contributed by atoms with Gasteiger partial charge in [-0.2, -0.15) is 13.9 Å². The van der Waals surface area contributed by atoms with Gasteiger partial charge in [0.25, 0.3) is 17.4 Å². The molecule has 12 heteroatoms. The molecule has 35 heavy (non-hydrogen) atoms. The van der Waals surface area contributed by atoms with Crippen molar-refractivity contribution in [1.82, 2.24) is 19.2 Å². The summed E-state index contributed by atoms with van der Waals surface area (Å²) in [4.78, 5) is 17.2. The molecule has 0 unspecified atom stereocenters. The summed E-state index contributed by atoms with van der Waals surface area (Å²) in [6.45, 7) is 0.131. The fourth-order valence-electron chi connectivity index (χ4n) is 4.31. The fraction of sp³-hybridized carbons (Fsp3) is 0.348. The van der Waals surface area contributed by atoms with Gasteiger partial charge in [-0.15, -0.1) is 0 Å². The largest absolute Gasteiger partial charge is 0.390 e. The van der Waals surface area contributed by atoms with Crippen LogP contribution in [-0.4, -0.2) is 36.8 Å². The number of fused-ring (bicyclic) bond motifs is 3. The maximum Gasteiger partial charge on any atom is 0.295 e. The molecule has 1 saturated carbocycles. The van der Waals surface area contributed by atoms with Crippen LogP contribution in [0.4, 0.5) is 27.8 Å². The third-order valence-electron chi connectivity index (χ3n) is 6.25. The summed E-state index contributed by atoms with van der Waals surface area (Å²) in [5.74, 6) is -7.12. The van der Waals surface area contributed by atoms with E-state index in [1.54, 1.807) is 13.0 Å². The predicted molar refractivity (Wildman–Crippen MR) is 117 cm³/mol. The topological polar surface area (TPSA) is 84.5 Å². The summed E-state index contributed by atoms with van der Waals surface area (Å²) >= 11 is 0. The fourth-order valence-corrected chi connectivity index (χ4v) is 4.31. The Bertz CT molecular complexity index is 1490. The Kier molecular flexibility index (Phi) is 5.31. The van der Waals surface area contributed by atoms with Gasteiger partial charge in [0, 0.05) is 42.8 Å². The number of pyridine rings is 1. The predicted octanol–water partition coefficient (Wildman–Crippen LogP) is 4.41. The summed E-state index contributed by atoms with van der Waals surface area (Å²) < 4.78 is 71.7. The molecular formula is C23H20F5N5O2. The molecule has 1 aromatic carbocycles. The molecule has 1 aliphatic rings. The van der Waals surface area contributed by atoms with Crippen LogP contribution in [-0.2, 0) is 5.92 Å². The number of hydrogen-bond acceptors (Lipinski definition) is 5. The van der Waals surface area contributed by atoms with Gasteiger partial charge in [0.15, 0.2) is 5.65 Å². The Morgan fingerprint density at radius 1 is 1.26 bits per heavy atom. The lowest BCUT2D eigenvalue weighted by molar-refractivity contribution is -0.104. The molecule has 0 spiro atoms. The Balaban J connectivity index is 1.59. The van der Waals surface area contributed by atoms with E-state index in [1.807, 2.05) is 0 Å². The Morgan fingerprint density at radius 3 is 2.69 bits per heavy atom. The molecular weight excluding hydrogens is 473 g/mol. The molecule has 0 amide bonds. The lowest BCUT2D eigenvalue weighted by Crippen LogP contribution is -2.40. The SMILES string of the molecule is C[C@@H](Nc1nc2ccnn2c2cc(=O)n(C3CC(F)(F)C3)cc12)c1cc(F)cc(C(F)(F)CO)c1. The number of aliphatic hydroxyl groups excluding tert-OH is 1. The lowest BCUT2D eigenvalue weighted by atomic mass is 9.88. The van der Waals surface area contributed by atoms with E-state index < -0.39 is 60.3 Å². The molecule has 0 aliphatic heterocycles. The smallest absolute Gasteiger partial charge is 0.295 e. The van der Waals surface area contributed by atoms with E-state index in [0.29, 0.717) is 22.6 Å². The molecule has 1 atom stereocenters. The Hall–Kier alpha value is -3.54. The van der Waals surface area contributed by atoms with Crippen molar-refractivity contribution in [3.63, 3.8) is 0 Å². The van der Waals surface area contributed by atoms with Crippen molar-refractivity contribution in [2.75, 3.05) is 11.9 Å². The zero-order chi connectivity index (χ0) is 25.1. The number of aliphatic hydroxyl groups is 1. The van der Waals surface area contributed by atoms with Gasteiger partial charge < -0.3 is 15.0 Å². The van der Waals surface area contributed by atoms with Crippen LogP contribution in [0.1, 0.15) is 43.0 Å². The van der Waals surface area contributed by atoms with Crippen LogP contribution in [0.3, 0.4) is 0 Å². The minimum atomic E-state index is -3.63. The maximum atomic E-state index is 14.1. The first-order valence-corrected chi connectivity index (χ1v) is 10.8. The number of halogens is 5. The summed E-state index contributed by atoms with van der Waals surface area (Å²) in [6.07, 6.45) is 1.99. The van der Waals surface area contributed by atoms with E-state index in [1.165, 1.54) is 27.5 Å². The van der Waals surface area contributed by atoms with Crippen LogP contribution < -0.4 is 10.9 Å². The van der Waals surface area contributed by atoms with Crippen molar-refractivity contribution in [1.29, 1.82) is 0 Å². The van der Waals surface area contributed by atoms with Crippen LogP contribution in [0.15, 0.2) is 47.5 Å². The van der Waals surface area contributed by atoms with E-state index in [4.69, 9.17) is 5.11 Å². The minimum Gasteiger partial charge on any atom is -0.390 e. The van der Waals surface area contributed by atoms with Crippen LogP contribution >= 0.6 is 0 Å². The van der Waals surface area contributed by atoms with Crippen molar-refractivity contribution < 1.29 is 27.1 Å². The van der Waals surface area contributed by atoms with Gasteiger partial charge in [0.1, 0.15) is 18.2 Å². The second-order valence-electron chi connectivity index (χ2n) is 8.80. The number of nitrogens with one attached hydrogen (secondary N) is 1. The average molecular weight is 493 g/mol. The van der Waals surface area contributed by atoms with Gasteiger partial charge in [-0.05, 0) is 30.7 Å². The van der Waals surface area contributed by atoms with Crippen molar-refractivity contribution >= 4 is 22.4 Å². The van der Waals surface area contributed by atoms with Crippen LogP contribution in [0, 0.1) is 5.82 Å². The van der Waals surface area contributed by atoms with Crippen molar-refractivity contribution in [2.45, 2.75) is 43.7 Å². The maximum absolute atomic E-state index is 14.1. The highest BCUT2D eigenvalue weighted by Crippen LogP contribution is 2.45. The lowest BCUT2D eigenvalue weighted by Gasteiger charge is -2.36. The molecule has 0 saturated heterocycles. The quantitative estimate of drug-likeness (QED) is 0.389. The molecule has 4 aromatic rings. The molecule has 3 aromatic heterocycles. The van der Waals surface area contributed by atoms with E-state index in [2.05, 4.69) is 15.4 Å². The molecule has 7 nitrogen and oxygen atoms in total. The highest BCUT2D eigenvalue weighted by Gasteiger charge is 2.46. The van der Waals surface area contributed by atoms with Crippen molar-refractivity contribution in [3.05, 3.63) is 70.0 Å². The summed E-state index contributed by atoms with van der Waals surface area (Å²) in [5.41, 5.74) is -0.225. The second-order valence-corrected chi connectivity index (χ2v) is 8.80. The molecule has 1 fully saturated rings. The highest BCUT2D eigenvalue weighted by atomic mass is 19.3. The Labute approximate surface area is 194 Å². The highest BCUT2D eigenvalue weighted by molar-refractivity contribution is 5.90. The third kappa shape index (κ3) is 4.11. The molecule has 2 N–H and O–H groups in total. The van der Waals surface area contributed by atoms with Crippen molar-refractivity contribution in [2.24, 2.45) is 0 Å². The van der Waals surface area contributed by atoms with Gasteiger partial charge in [-0.1, -0.05) is 0 Å². The number of anilines is 1. The first-order chi connectivity index (χ1) is 16.5. The minimum absolute atomic E-state index is 0.170. The number of hydrogen-bond donors (Lipinski definition) is 2. The third-order valence-corrected chi connectivity index (χ3v) is 6.25. The summed E-state index contributed by atoms with van der Waals surface area (Å²) in [7, 11) is 0. The van der Waals surface area contributed by atoms with Crippen LogP contribution in [0.2, 0.25) is 0 Å². The molecule has 3 heterocycles. The molecule has 0 radical (unpaired) electrons.